The molecule has 2 nitrogen and oxygen atoms in total. The van der Waals surface area contributed by atoms with Crippen LogP contribution < -0.4 is 9.64 Å². The van der Waals surface area contributed by atoms with Crippen LogP contribution in [0.2, 0.25) is 0 Å². The van der Waals surface area contributed by atoms with Crippen LogP contribution >= 0.6 is 0 Å². The highest BCUT2D eigenvalue weighted by Crippen LogP contribution is 2.23. The van der Waals surface area contributed by atoms with E-state index in [0.29, 0.717) is 0 Å². The topological polar surface area (TPSA) is 12.5 Å². The Labute approximate surface area is 80.1 Å². The van der Waals surface area contributed by atoms with Crippen LogP contribution in [0.3, 0.4) is 0 Å². The van der Waals surface area contributed by atoms with Crippen LogP contribution in [0.15, 0.2) is 18.2 Å². The number of hydrogen-bond donors (Lipinski definition) is 0. The summed E-state index contributed by atoms with van der Waals surface area (Å²) in [5.74, 6) is 0.980. The molecule has 0 radical (unpaired) electrons. The van der Waals surface area contributed by atoms with E-state index in [1.54, 1.807) is 0 Å². The second-order valence-electron chi connectivity index (χ2n) is 3.28. The van der Waals surface area contributed by atoms with Gasteiger partial charge in [0, 0.05) is 25.8 Å². The van der Waals surface area contributed by atoms with Crippen molar-refractivity contribution in [2.75, 3.05) is 25.6 Å². The first-order valence-electron chi connectivity index (χ1n) is 4.56. The van der Waals surface area contributed by atoms with E-state index >= 15 is 0 Å². The minimum Gasteiger partial charge on any atom is -0.494 e. The molecule has 0 aliphatic rings. The second kappa shape index (κ2) is 4.17. The molecule has 0 saturated heterocycles. The first-order chi connectivity index (χ1) is 6.15. The predicted octanol–water partition coefficient (Wildman–Crippen LogP) is 2.46. The zero-order valence-electron chi connectivity index (χ0n) is 8.79. The molecule has 0 heterocycles. The van der Waals surface area contributed by atoms with Gasteiger partial charge in [0.05, 0.1) is 6.61 Å². The molecule has 0 aromatic heterocycles. The molecule has 13 heavy (non-hydrogen) atoms. The van der Waals surface area contributed by atoms with Gasteiger partial charge in [-0.25, -0.2) is 0 Å². The second-order valence-corrected chi connectivity index (χ2v) is 3.28. The van der Waals surface area contributed by atoms with Crippen molar-refractivity contribution in [2.45, 2.75) is 13.8 Å². The predicted molar refractivity (Wildman–Crippen MR) is 56.7 cm³/mol. The van der Waals surface area contributed by atoms with Crippen molar-refractivity contribution in [1.29, 1.82) is 0 Å². The summed E-state index contributed by atoms with van der Waals surface area (Å²) in [6.07, 6.45) is 0. The zero-order chi connectivity index (χ0) is 9.84. The lowest BCUT2D eigenvalue weighted by atomic mass is 10.2. The van der Waals surface area contributed by atoms with E-state index in [1.807, 2.05) is 21.0 Å². The van der Waals surface area contributed by atoms with E-state index in [4.69, 9.17) is 4.74 Å². The van der Waals surface area contributed by atoms with Crippen molar-refractivity contribution >= 4 is 5.69 Å². The van der Waals surface area contributed by atoms with Gasteiger partial charge in [-0.15, -0.1) is 0 Å². The van der Waals surface area contributed by atoms with E-state index in [-0.39, 0.29) is 0 Å². The molecule has 1 rings (SSSR count). The Morgan fingerprint density at radius 2 is 2.00 bits per heavy atom. The Balaban J connectivity index is 2.97. The summed E-state index contributed by atoms with van der Waals surface area (Å²) >= 11 is 0. The molecule has 0 aliphatic heterocycles. The van der Waals surface area contributed by atoms with Gasteiger partial charge in [-0.2, -0.15) is 0 Å². The Bertz CT molecular complexity index is 281. The minimum absolute atomic E-state index is 0.720. The minimum atomic E-state index is 0.720. The van der Waals surface area contributed by atoms with Gasteiger partial charge in [0.15, 0.2) is 0 Å². The number of rotatable bonds is 3. The first kappa shape index (κ1) is 9.90. The lowest BCUT2D eigenvalue weighted by molar-refractivity contribution is 0.338. The number of nitrogens with zero attached hydrogens (tertiary/aromatic N) is 1. The molecule has 1 aromatic carbocycles. The molecule has 2 heteroatoms. The molecule has 0 unspecified atom stereocenters. The van der Waals surface area contributed by atoms with Gasteiger partial charge in [0.2, 0.25) is 0 Å². The average Bonchev–Trinajstić information content (AvgIpc) is 2.08. The lowest BCUT2D eigenvalue weighted by Gasteiger charge is -2.15. The molecular weight excluding hydrogens is 162 g/mol. The number of aryl methyl sites for hydroxylation is 1. The highest BCUT2D eigenvalue weighted by molar-refractivity contribution is 5.52. The monoisotopic (exact) mass is 179 g/mol. The normalized spacial score (nSPS) is 9.85. The standard InChI is InChI=1S/C11H17NO/c1-5-13-11-8-10(12(3)4)7-6-9(11)2/h6-8H,5H2,1-4H3. The molecule has 0 N–H and O–H groups in total. The molecule has 0 amide bonds. The third kappa shape index (κ3) is 2.38. The number of ether oxygens (including phenoxy) is 1. The molecule has 0 aliphatic carbocycles. The zero-order valence-corrected chi connectivity index (χ0v) is 8.79. The summed E-state index contributed by atoms with van der Waals surface area (Å²) in [5.41, 5.74) is 2.36. The first-order valence-corrected chi connectivity index (χ1v) is 4.56. The van der Waals surface area contributed by atoms with Crippen LogP contribution in [-0.4, -0.2) is 20.7 Å². The third-order valence-electron chi connectivity index (χ3n) is 1.99. The van der Waals surface area contributed by atoms with Crippen molar-refractivity contribution in [3.8, 4) is 5.75 Å². The van der Waals surface area contributed by atoms with Crippen molar-refractivity contribution in [1.82, 2.24) is 0 Å². The largest absolute Gasteiger partial charge is 0.494 e. The van der Waals surface area contributed by atoms with Crippen LogP contribution in [0.25, 0.3) is 0 Å². The third-order valence-corrected chi connectivity index (χ3v) is 1.99. The average molecular weight is 179 g/mol. The van der Waals surface area contributed by atoms with Gasteiger partial charge in [0.25, 0.3) is 0 Å². The molecule has 0 atom stereocenters. The van der Waals surface area contributed by atoms with Crippen LogP contribution in [0.4, 0.5) is 5.69 Å². The van der Waals surface area contributed by atoms with Crippen LogP contribution in [-0.2, 0) is 0 Å². The van der Waals surface area contributed by atoms with Crippen molar-refractivity contribution in [2.24, 2.45) is 0 Å². The van der Waals surface area contributed by atoms with Crippen LogP contribution in [0, 0.1) is 6.92 Å². The fourth-order valence-electron chi connectivity index (χ4n) is 1.18. The van der Waals surface area contributed by atoms with Gasteiger partial charge in [-0.1, -0.05) is 6.07 Å². The van der Waals surface area contributed by atoms with E-state index < -0.39 is 0 Å². The molecule has 1 aromatic rings. The van der Waals surface area contributed by atoms with Crippen LogP contribution in [0.5, 0.6) is 5.75 Å². The maximum Gasteiger partial charge on any atom is 0.124 e. The maximum absolute atomic E-state index is 5.50. The van der Waals surface area contributed by atoms with Crippen LogP contribution in [0.1, 0.15) is 12.5 Å². The smallest absolute Gasteiger partial charge is 0.124 e. The Kier molecular flexibility index (Phi) is 3.18. The molecule has 0 spiro atoms. The summed E-state index contributed by atoms with van der Waals surface area (Å²) < 4.78 is 5.50. The Morgan fingerprint density at radius 3 is 2.54 bits per heavy atom. The highest BCUT2D eigenvalue weighted by Gasteiger charge is 2.01. The molecule has 0 fully saturated rings. The van der Waals surface area contributed by atoms with Crippen molar-refractivity contribution in [3.63, 3.8) is 0 Å². The Morgan fingerprint density at radius 1 is 1.31 bits per heavy atom. The van der Waals surface area contributed by atoms with Gasteiger partial charge in [-0.3, -0.25) is 0 Å². The SMILES string of the molecule is CCOc1cc(N(C)C)ccc1C. The summed E-state index contributed by atoms with van der Waals surface area (Å²) in [5, 5.41) is 0. The molecule has 0 saturated carbocycles. The van der Waals surface area contributed by atoms with Gasteiger partial charge in [-0.05, 0) is 25.5 Å². The Hall–Kier alpha value is -1.18. The highest BCUT2D eigenvalue weighted by atomic mass is 16.5. The van der Waals surface area contributed by atoms with Crippen molar-refractivity contribution < 1.29 is 4.74 Å². The van der Waals surface area contributed by atoms with E-state index in [9.17, 15) is 0 Å². The quantitative estimate of drug-likeness (QED) is 0.706. The van der Waals surface area contributed by atoms with Gasteiger partial charge >= 0.3 is 0 Å². The number of benzene rings is 1. The number of hydrogen-bond acceptors (Lipinski definition) is 2. The summed E-state index contributed by atoms with van der Waals surface area (Å²) in [7, 11) is 4.06. The van der Waals surface area contributed by atoms with Crippen molar-refractivity contribution in [3.05, 3.63) is 23.8 Å². The van der Waals surface area contributed by atoms with E-state index in [1.165, 1.54) is 11.3 Å². The molecule has 72 valence electrons. The fraction of sp³-hybridized carbons (Fsp3) is 0.455. The summed E-state index contributed by atoms with van der Waals surface area (Å²) in [6.45, 7) is 4.78. The van der Waals surface area contributed by atoms with Gasteiger partial charge in [0.1, 0.15) is 5.75 Å². The fourth-order valence-corrected chi connectivity index (χ4v) is 1.18. The summed E-state index contributed by atoms with van der Waals surface area (Å²) in [6, 6.07) is 6.25. The van der Waals surface area contributed by atoms with E-state index in [2.05, 4.69) is 30.0 Å². The van der Waals surface area contributed by atoms with Gasteiger partial charge < -0.3 is 9.64 Å². The molecule has 0 bridgehead atoms. The maximum atomic E-state index is 5.50. The molecular formula is C11H17NO. The number of anilines is 1. The summed E-state index contributed by atoms with van der Waals surface area (Å²) in [4.78, 5) is 2.07. The lowest BCUT2D eigenvalue weighted by Crippen LogP contribution is -2.08. The van der Waals surface area contributed by atoms with E-state index in [0.717, 1.165) is 12.4 Å².